The van der Waals surface area contributed by atoms with Gasteiger partial charge in [0.05, 0.1) is 24.3 Å². The molecular formula is C24H23N7. The van der Waals surface area contributed by atoms with Crippen molar-refractivity contribution < 1.29 is 0 Å². The lowest BCUT2D eigenvalue weighted by Gasteiger charge is -2.25. The summed E-state index contributed by atoms with van der Waals surface area (Å²) in [5.41, 5.74) is 5.57. The van der Waals surface area contributed by atoms with Gasteiger partial charge in [-0.15, -0.1) is 5.10 Å². The second-order valence-corrected chi connectivity index (χ2v) is 8.13. The fraction of sp³-hybridized carbons (Fsp3) is 0.250. The summed E-state index contributed by atoms with van der Waals surface area (Å²) in [5, 5.41) is 14.0. The average molecular weight is 409 g/mol. The quantitative estimate of drug-likeness (QED) is 0.479. The molecule has 1 aliphatic rings. The number of hydrogen-bond acceptors (Lipinski definition) is 5. The van der Waals surface area contributed by atoms with Gasteiger partial charge in [-0.05, 0) is 43.9 Å². The highest BCUT2D eigenvalue weighted by Gasteiger charge is 2.26. The highest BCUT2D eigenvalue weighted by molar-refractivity contribution is 5.92. The summed E-state index contributed by atoms with van der Waals surface area (Å²) >= 11 is 0. The van der Waals surface area contributed by atoms with E-state index in [-0.39, 0.29) is 6.04 Å². The Bertz CT molecular complexity index is 1380. The maximum Gasteiger partial charge on any atom is 0.227 e. The van der Waals surface area contributed by atoms with E-state index in [2.05, 4.69) is 44.3 Å². The van der Waals surface area contributed by atoms with Crippen LogP contribution in [0.15, 0.2) is 60.8 Å². The van der Waals surface area contributed by atoms with Crippen molar-refractivity contribution in [1.29, 1.82) is 0 Å². The van der Waals surface area contributed by atoms with Crippen molar-refractivity contribution in [3.63, 3.8) is 0 Å². The lowest BCUT2D eigenvalue weighted by atomic mass is 9.93. The first-order valence-corrected chi connectivity index (χ1v) is 10.7. The number of para-hydroxylation sites is 1. The van der Waals surface area contributed by atoms with Crippen LogP contribution in [0.5, 0.6) is 0 Å². The van der Waals surface area contributed by atoms with Gasteiger partial charge in [0, 0.05) is 16.6 Å². The topological polar surface area (TPSA) is 72.9 Å². The third kappa shape index (κ3) is 3.13. The van der Waals surface area contributed by atoms with Gasteiger partial charge < -0.3 is 5.32 Å². The Morgan fingerprint density at radius 3 is 2.77 bits per heavy atom. The fourth-order valence-electron chi connectivity index (χ4n) is 4.57. The molecule has 0 spiro atoms. The molecule has 0 saturated heterocycles. The van der Waals surface area contributed by atoms with Crippen molar-refractivity contribution in [3.05, 3.63) is 83.4 Å². The minimum absolute atomic E-state index is 0.148. The molecule has 0 bridgehead atoms. The highest BCUT2D eigenvalue weighted by Crippen LogP contribution is 2.33. The molecule has 0 aliphatic heterocycles. The summed E-state index contributed by atoms with van der Waals surface area (Å²) < 4.78 is 3.97. The maximum absolute atomic E-state index is 4.88. The van der Waals surface area contributed by atoms with E-state index in [9.17, 15) is 0 Å². The predicted octanol–water partition coefficient (Wildman–Crippen LogP) is 4.32. The minimum Gasteiger partial charge on any atom is -0.347 e. The molecule has 0 fully saturated rings. The van der Waals surface area contributed by atoms with Crippen molar-refractivity contribution in [3.8, 4) is 0 Å². The van der Waals surface area contributed by atoms with E-state index in [1.165, 1.54) is 16.8 Å². The molecule has 31 heavy (non-hydrogen) atoms. The molecule has 0 saturated carbocycles. The molecule has 154 valence electrons. The number of nitrogens with zero attached hydrogens (tertiary/aromatic N) is 6. The standard InChI is InChI=1S/C24H23N7/c1-16-26-23-18-10-5-6-11-20(18)27-24(31(23)29-16)28-21-12-7-13-22-19(21)14-25-30(22)15-17-8-3-2-4-9-17/h2-6,8-11,14,21H,7,12-13,15H2,1H3,(H,27,28). The zero-order valence-corrected chi connectivity index (χ0v) is 17.4. The number of rotatable bonds is 4. The zero-order valence-electron chi connectivity index (χ0n) is 17.4. The molecule has 5 aromatic rings. The molecule has 7 nitrogen and oxygen atoms in total. The van der Waals surface area contributed by atoms with E-state index in [4.69, 9.17) is 10.1 Å². The van der Waals surface area contributed by atoms with Crippen molar-refractivity contribution in [2.75, 3.05) is 5.32 Å². The summed E-state index contributed by atoms with van der Waals surface area (Å²) in [6.07, 6.45) is 5.20. The largest absolute Gasteiger partial charge is 0.347 e. The van der Waals surface area contributed by atoms with Crippen molar-refractivity contribution >= 4 is 22.5 Å². The number of nitrogens with one attached hydrogen (secondary N) is 1. The SMILES string of the molecule is Cc1nc2c3ccccc3nc(NC3CCCc4c3cnn4Cc3ccccc3)n2n1. The van der Waals surface area contributed by atoms with Gasteiger partial charge in [-0.1, -0.05) is 42.5 Å². The van der Waals surface area contributed by atoms with Gasteiger partial charge in [0.15, 0.2) is 5.65 Å². The first-order chi connectivity index (χ1) is 15.3. The zero-order chi connectivity index (χ0) is 20.8. The minimum atomic E-state index is 0.148. The van der Waals surface area contributed by atoms with Crippen LogP contribution in [0.4, 0.5) is 5.95 Å². The van der Waals surface area contributed by atoms with Crippen molar-refractivity contribution in [1.82, 2.24) is 29.4 Å². The Labute approximate surface area is 179 Å². The van der Waals surface area contributed by atoms with Gasteiger partial charge in [0.2, 0.25) is 5.95 Å². The Morgan fingerprint density at radius 1 is 1.03 bits per heavy atom. The molecular weight excluding hydrogens is 386 g/mol. The fourth-order valence-corrected chi connectivity index (χ4v) is 4.57. The van der Waals surface area contributed by atoms with Crippen LogP contribution in [0.1, 0.15) is 41.5 Å². The number of aryl methyl sites for hydroxylation is 1. The lowest BCUT2D eigenvalue weighted by molar-refractivity contribution is 0.553. The van der Waals surface area contributed by atoms with Crippen LogP contribution in [0.25, 0.3) is 16.6 Å². The van der Waals surface area contributed by atoms with Crippen LogP contribution in [0, 0.1) is 6.92 Å². The second-order valence-electron chi connectivity index (χ2n) is 8.13. The molecule has 1 aliphatic carbocycles. The van der Waals surface area contributed by atoms with Gasteiger partial charge in [-0.3, -0.25) is 4.68 Å². The van der Waals surface area contributed by atoms with Crippen LogP contribution in [0.3, 0.4) is 0 Å². The first kappa shape index (κ1) is 18.1. The lowest BCUT2D eigenvalue weighted by Crippen LogP contribution is -2.20. The molecule has 0 radical (unpaired) electrons. The van der Waals surface area contributed by atoms with Crippen molar-refractivity contribution in [2.45, 2.75) is 38.8 Å². The second kappa shape index (κ2) is 7.19. The first-order valence-electron chi connectivity index (χ1n) is 10.7. The van der Waals surface area contributed by atoms with E-state index < -0.39 is 0 Å². The molecule has 1 atom stereocenters. The Hall–Kier alpha value is -3.74. The Kier molecular flexibility index (Phi) is 4.19. The average Bonchev–Trinajstić information content (AvgIpc) is 3.39. The number of fused-ring (bicyclic) bond motifs is 4. The van der Waals surface area contributed by atoms with Gasteiger partial charge >= 0.3 is 0 Å². The number of anilines is 1. The summed E-state index contributed by atoms with van der Waals surface area (Å²) in [4.78, 5) is 9.53. The number of benzene rings is 2. The predicted molar refractivity (Wildman–Crippen MR) is 120 cm³/mol. The van der Waals surface area contributed by atoms with E-state index in [1.807, 2.05) is 48.0 Å². The summed E-state index contributed by atoms with van der Waals surface area (Å²) in [5.74, 6) is 1.46. The Balaban J connectivity index is 1.38. The summed E-state index contributed by atoms with van der Waals surface area (Å²) in [6, 6.07) is 18.7. The van der Waals surface area contributed by atoms with Gasteiger partial charge in [0.1, 0.15) is 5.82 Å². The third-order valence-electron chi connectivity index (χ3n) is 6.03. The van der Waals surface area contributed by atoms with Crippen molar-refractivity contribution in [2.24, 2.45) is 0 Å². The Morgan fingerprint density at radius 2 is 1.87 bits per heavy atom. The third-order valence-corrected chi connectivity index (χ3v) is 6.03. The molecule has 3 aromatic heterocycles. The number of hydrogen-bond donors (Lipinski definition) is 1. The van der Waals surface area contributed by atoms with Gasteiger partial charge in [-0.2, -0.15) is 9.61 Å². The van der Waals surface area contributed by atoms with E-state index in [1.54, 1.807) is 0 Å². The summed E-state index contributed by atoms with van der Waals surface area (Å²) in [6.45, 7) is 2.71. The smallest absolute Gasteiger partial charge is 0.227 e. The van der Waals surface area contributed by atoms with Crippen LogP contribution >= 0.6 is 0 Å². The van der Waals surface area contributed by atoms with Gasteiger partial charge in [-0.25, -0.2) is 9.97 Å². The molecule has 0 amide bonds. The molecule has 3 heterocycles. The highest BCUT2D eigenvalue weighted by atomic mass is 15.4. The van der Waals surface area contributed by atoms with Crippen LogP contribution in [0.2, 0.25) is 0 Å². The van der Waals surface area contributed by atoms with Gasteiger partial charge in [0.25, 0.3) is 0 Å². The van der Waals surface area contributed by atoms with E-state index in [0.29, 0.717) is 0 Å². The van der Waals surface area contributed by atoms with Crippen LogP contribution < -0.4 is 5.32 Å². The molecule has 7 heteroatoms. The molecule has 2 aromatic carbocycles. The molecule has 1 N–H and O–H groups in total. The number of aromatic nitrogens is 6. The van der Waals surface area contributed by atoms with E-state index in [0.717, 1.165) is 54.1 Å². The normalized spacial score (nSPS) is 16.0. The van der Waals surface area contributed by atoms with Crippen LogP contribution in [-0.4, -0.2) is 29.4 Å². The maximum atomic E-state index is 4.88. The van der Waals surface area contributed by atoms with Crippen LogP contribution in [-0.2, 0) is 13.0 Å². The molecule has 1 unspecified atom stereocenters. The summed E-state index contributed by atoms with van der Waals surface area (Å²) in [7, 11) is 0. The monoisotopic (exact) mass is 409 g/mol. The van der Waals surface area contributed by atoms with E-state index >= 15 is 0 Å². The molecule has 6 rings (SSSR count).